The minimum atomic E-state index is -0.227. The lowest BCUT2D eigenvalue weighted by Gasteiger charge is -2.31. The number of carbonyl (C=O) groups excluding carboxylic acids is 1. The lowest BCUT2D eigenvalue weighted by Crippen LogP contribution is -2.47. The van der Waals surface area contributed by atoms with Crippen molar-refractivity contribution in [3.05, 3.63) is 56.2 Å². The number of hydrogen-bond donors (Lipinski definition) is 2. The average Bonchev–Trinajstić information content (AvgIpc) is 3.39. The van der Waals surface area contributed by atoms with Crippen molar-refractivity contribution in [2.45, 2.75) is 46.6 Å². The van der Waals surface area contributed by atoms with Crippen LogP contribution in [0.15, 0.2) is 23.0 Å². The van der Waals surface area contributed by atoms with Crippen LogP contribution in [0.4, 0.5) is 11.4 Å². The fourth-order valence-corrected chi connectivity index (χ4v) is 5.46. The third kappa shape index (κ3) is 5.08. The number of rotatable bonds is 7. The number of amides is 1. The molecule has 1 fully saturated rings. The van der Waals surface area contributed by atoms with Crippen molar-refractivity contribution in [1.82, 2.24) is 24.5 Å². The van der Waals surface area contributed by atoms with Gasteiger partial charge in [-0.3, -0.25) is 9.59 Å². The van der Waals surface area contributed by atoms with Crippen LogP contribution in [0.3, 0.4) is 0 Å². The summed E-state index contributed by atoms with van der Waals surface area (Å²) in [6.45, 7) is 10.0. The number of fused-ring (bicyclic) bond motifs is 1. The minimum absolute atomic E-state index is 0.0150. The van der Waals surface area contributed by atoms with Gasteiger partial charge in [0.25, 0.3) is 5.56 Å². The third-order valence-electron chi connectivity index (χ3n) is 7.19. The zero-order valence-electron chi connectivity index (χ0n) is 22.1. The van der Waals surface area contributed by atoms with E-state index in [2.05, 4.69) is 20.6 Å². The van der Waals surface area contributed by atoms with E-state index < -0.39 is 0 Å². The summed E-state index contributed by atoms with van der Waals surface area (Å²) >= 11 is 6.43. The lowest BCUT2D eigenvalue weighted by atomic mass is 10.1. The second-order valence-corrected chi connectivity index (χ2v) is 10.0. The van der Waals surface area contributed by atoms with Crippen LogP contribution in [0.2, 0.25) is 5.02 Å². The zero-order valence-corrected chi connectivity index (χ0v) is 22.9. The van der Waals surface area contributed by atoms with Gasteiger partial charge in [0.1, 0.15) is 12.2 Å². The molecule has 0 spiro atoms. The number of carbonyl (C=O) groups is 1. The first-order valence-corrected chi connectivity index (χ1v) is 13.6. The molecular formula is C27H34ClN7O3. The number of nitrogens with zero attached hydrogens (tertiary/aromatic N) is 5. The maximum Gasteiger partial charge on any atom is 0.299 e. The van der Waals surface area contributed by atoms with E-state index in [1.54, 1.807) is 6.07 Å². The molecule has 2 aromatic heterocycles. The second-order valence-electron chi connectivity index (χ2n) is 9.64. The van der Waals surface area contributed by atoms with Gasteiger partial charge in [-0.1, -0.05) is 37.6 Å². The van der Waals surface area contributed by atoms with E-state index in [0.29, 0.717) is 67.1 Å². The molecule has 5 rings (SSSR count). The van der Waals surface area contributed by atoms with E-state index in [9.17, 15) is 9.59 Å². The number of nitrogens with one attached hydrogen (secondary N) is 2. The van der Waals surface area contributed by atoms with Crippen LogP contribution in [0, 0.1) is 6.92 Å². The van der Waals surface area contributed by atoms with E-state index in [1.165, 1.54) is 4.52 Å². The maximum absolute atomic E-state index is 13.8. The van der Waals surface area contributed by atoms with Gasteiger partial charge in [0, 0.05) is 36.9 Å². The van der Waals surface area contributed by atoms with Gasteiger partial charge in [0.05, 0.1) is 18.9 Å². The van der Waals surface area contributed by atoms with Gasteiger partial charge in [-0.05, 0) is 49.0 Å². The third-order valence-corrected chi connectivity index (χ3v) is 7.55. The van der Waals surface area contributed by atoms with Crippen LogP contribution in [0.5, 0.6) is 0 Å². The van der Waals surface area contributed by atoms with Crippen molar-refractivity contribution < 1.29 is 9.53 Å². The summed E-state index contributed by atoms with van der Waals surface area (Å²) in [5.74, 6) is 0.631. The Balaban J connectivity index is 1.59. The highest BCUT2D eigenvalue weighted by molar-refractivity contribution is 6.31. The average molecular weight is 540 g/mol. The number of aromatic nitrogens is 4. The molecular weight excluding hydrogens is 506 g/mol. The van der Waals surface area contributed by atoms with E-state index in [4.69, 9.17) is 21.3 Å². The summed E-state index contributed by atoms with van der Waals surface area (Å²) in [4.78, 5) is 34.1. The molecule has 202 valence electrons. The van der Waals surface area contributed by atoms with Crippen LogP contribution in [-0.2, 0) is 28.9 Å². The fraction of sp³-hybridized carbons (Fsp3) is 0.481. The van der Waals surface area contributed by atoms with Crippen molar-refractivity contribution in [2.24, 2.45) is 0 Å². The summed E-state index contributed by atoms with van der Waals surface area (Å²) in [5.41, 5.74) is 4.74. The number of hydrogen-bond acceptors (Lipinski definition) is 7. The molecule has 1 aromatic carbocycles. The number of ether oxygens (including phenoxy) is 1. The Hall–Kier alpha value is -3.21. The first-order valence-electron chi connectivity index (χ1n) is 13.2. The first-order chi connectivity index (χ1) is 18.4. The normalized spacial score (nSPS) is 16.1. The number of halogens is 1. The SMILES string of the molecule is CCc1cc(C)c(NC(=O)Cn2c(CC)c(N3CCNCC3)c(=O)n3nc(C4=CCOCC4)nc23)cc1Cl. The molecule has 2 N–H and O–H groups in total. The molecule has 1 amide bonds. The molecule has 0 atom stereocenters. The van der Waals surface area contributed by atoms with Crippen molar-refractivity contribution >= 4 is 40.2 Å². The van der Waals surface area contributed by atoms with Crippen LogP contribution in [-0.4, -0.2) is 64.5 Å². The standard InChI is InChI=1S/C27H34ClN7O3/c1-4-18-14-17(3)21(15-20(18)28)30-23(36)16-34-22(5-2)24(33-10-8-29-9-11-33)26(37)35-27(34)31-25(32-35)19-6-12-38-13-7-19/h6,14-15,29H,4-5,7-13,16H2,1-3H3,(H,30,36). The van der Waals surface area contributed by atoms with Crippen LogP contribution >= 0.6 is 11.6 Å². The van der Waals surface area contributed by atoms with Crippen LogP contribution in [0.25, 0.3) is 11.4 Å². The Morgan fingerprint density at radius 3 is 2.68 bits per heavy atom. The summed E-state index contributed by atoms with van der Waals surface area (Å²) in [5, 5.41) is 11.6. The molecule has 2 aliphatic heterocycles. The van der Waals surface area contributed by atoms with Crippen LogP contribution in [0.1, 0.15) is 42.9 Å². The van der Waals surface area contributed by atoms with Crippen molar-refractivity contribution in [3.63, 3.8) is 0 Å². The van der Waals surface area contributed by atoms with Gasteiger partial charge < -0.3 is 24.8 Å². The number of piperazine rings is 1. The minimum Gasteiger partial charge on any atom is -0.377 e. The highest BCUT2D eigenvalue weighted by atomic mass is 35.5. The maximum atomic E-state index is 13.8. The summed E-state index contributed by atoms with van der Waals surface area (Å²) in [6, 6.07) is 3.80. The molecule has 1 saturated heterocycles. The highest BCUT2D eigenvalue weighted by Gasteiger charge is 2.26. The van der Waals surface area contributed by atoms with Gasteiger partial charge in [-0.25, -0.2) is 0 Å². The van der Waals surface area contributed by atoms with Gasteiger partial charge in [-0.15, -0.1) is 5.10 Å². The number of aryl methyl sites for hydroxylation is 2. The van der Waals surface area contributed by atoms with Crippen LogP contribution < -0.4 is 21.1 Å². The molecule has 0 aliphatic carbocycles. The van der Waals surface area contributed by atoms with Gasteiger partial charge >= 0.3 is 0 Å². The second kappa shape index (κ2) is 11.3. The summed E-state index contributed by atoms with van der Waals surface area (Å²) < 4.78 is 8.63. The smallest absolute Gasteiger partial charge is 0.299 e. The largest absolute Gasteiger partial charge is 0.377 e. The zero-order chi connectivity index (χ0) is 26.8. The first kappa shape index (κ1) is 26.4. The molecule has 38 heavy (non-hydrogen) atoms. The molecule has 0 unspecified atom stereocenters. The van der Waals surface area contributed by atoms with Gasteiger partial charge in [0.2, 0.25) is 11.7 Å². The predicted molar refractivity (Wildman–Crippen MR) is 149 cm³/mol. The Labute approximate surface area is 226 Å². The Bertz CT molecular complexity index is 1450. The molecule has 3 aromatic rings. The quantitative estimate of drug-likeness (QED) is 0.475. The Morgan fingerprint density at radius 2 is 2.00 bits per heavy atom. The van der Waals surface area contributed by atoms with Crippen molar-refractivity contribution in [3.8, 4) is 0 Å². The molecule has 11 heteroatoms. The summed E-state index contributed by atoms with van der Waals surface area (Å²) in [7, 11) is 0. The summed E-state index contributed by atoms with van der Waals surface area (Å²) in [6.07, 6.45) is 4.00. The van der Waals surface area contributed by atoms with Crippen molar-refractivity contribution in [2.75, 3.05) is 49.6 Å². The predicted octanol–water partition coefficient (Wildman–Crippen LogP) is 2.83. The van der Waals surface area contributed by atoms with E-state index in [0.717, 1.165) is 41.9 Å². The van der Waals surface area contributed by atoms with E-state index in [1.807, 2.05) is 37.5 Å². The monoisotopic (exact) mass is 539 g/mol. The van der Waals surface area contributed by atoms with Crippen molar-refractivity contribution in [1.29, 1.82) is 0 Å². The molecule has 4 heterocycles. The Kier molecular flexibility index (Phi) is 7.83. The van der Waals surface area contributed by atoms with Gasteiger partial charge in [0.15, 0.2) is 5.82 Å². The molecule has 10 nitrogen and oxygen atoms in total. The van der Waals surface area contributed by atoms with E-state index >= 15 is 0 Å². The molecule has 0 radical (unpaired) electrons. The Morgan fingerprint density at radius 1 is 1.21 bits per heavy atom. The van der Waals surface area contributed by atoms with E-state index in [-0.39, 0.29) is 18.0 Å². The fourth-order valence-electron chi connectivity index (χ4n) is 5.16. The topological polar surface area (TPSA) is 106 Å². The lowest BCUT2D eigenvalue weighted by molar-refractivity contribution is -0.116. The molecule has 0 saturated carbocycles. The molecule has 0 bridgehead atoms. The number of benzene rings is 1. The number of anilines is 2. The van der Waals surface area contributed by atoms with Gasteiger partial charge in [-0.2, -0.15) is 9.50 Å². The molecule has 2 aliphatic rings. The highest BCUT2D eigenvalue weighted by Crippen LogP contribution is 2.26.